The molecule has 0 aliphatic heterocycles. The SMILES string of the molecule is C=CC(=O)OCCN=C=O.OCCOCCOCCOCCO. The van der Waals surface area contributed by atoms with Crippen LogP contribution in [0.4, 0.5) is 0 Å². The molecule has 0 unspecified atom stereocenters. The van der Waals surface area contributed by atoms with Gasteiger partial charge in [0.05, 0.1) is 59.4 Å². The first-order chi connectivity index (χ1) is 11.2. The largest absolute Gasteiger partial charge is 0.461 e. The second-order valence-corrected chi connectivity index (χ2v) is 3.63. The third-order valence-corrected chi connectivity index (χ3v) is 1.89. The highest BCUT2D eigenvalue weighted by atomic mass is 16.5. The maximum atomic E-state index is 10.3. The Morgan fingerprint density at radius 2 is 1.43 bits per heavy atom. The normalized spacial score (nSPS) is 9.30. The minimum Gasteiger partial charge on any atom is -0.461 e. The molecule has 0 amide bonds. The number of aliphatic imine (C=N–C) groups is 1. The number of rotatable bonds is 14. The highest BCUT2D eigenvalue weighted by molar-refractivity contribution is 5.81. The lowest BCUT2D eigenvalue weighted by Gasteiger charge is -2.04. The summed E-state index contributed by atoms with van der Waals surface area (Å²) in [6, 6.07) is 0. The highest BCUT2D eigenvalue weighted by Crippen LogP contribution is 1.80. The van der Waals surface area contributed by atoms with Crippen LogP contribution >= 0.6 is 0 Å². The van der Waals surface area contributed by atoms with Crippen molar-refractivity contribution in [2.75, 3.05) is 66.0 Å². The van der Waals surface area contributed by atoms with Crippen molar-refractivity contribution in [2.24, 2.45) is 4.99 Å². The van der Waals surface area contributed by atoms with E-state index in [-0.39, 0.29) is 26.4 Å². The summed E-state index contributed by atoms with van der Waals surface area (Å²) < 4.78 is 19.5. The van der Waals surface area contributed by atoms with Gasteiger partial charge in [-0.1, -0.05) is 6.58 Å². The molecule has 2 N–H and O–H groups in total. The van der Waals surface area contributed by atoms with Gasteiger partial charge in [-0.2, -0.15) is 0 Å². The fraction of sp³-hybridized carbons (Fsp3) is 0.714. The van der Waals surface area contributed by atoms with Crippen molar-refractivity contribution in [1.82, 2.24) is 0 Å². The van der Waals surface area contributed by atoms with Crippen molar-refractivity contribution < 1.29 is 38.7 Å². The Kier molecular flexibility index (Phi) is 23.3. The van der Waals surface area contributed by atoms with Crippen LogP contribution in [-0.4, -0.2) is 88.3 Å². The van der Waals surface area contributed by atoms with Gasteiger partial charge in [0.15, 0.2) is 0 Å². The van der Waals surface area contributed by atoms with Gasteiger partial charge < -0.3 is 29.2 Å². The first-order valence-electron chi connectivity index (χ1n) is 7.00. The van der Waals surface area contributed by atoms with Crippen molar-refractivity contribution in [3.05, 3.63) is 12.7 Å². The summed E-state index contributed by atoms with van der Waals surface area (Å²) in [5.74, 6) is -0.513. The van der Waals surface area contributed by atoms with Crippen molar-refractivity contribution in [3.8, 4) is 0 Å². The van der Waals surface area contributed by atoms with Crippen molar-refractivity contribution in [3.63, 3.8) is 0 Å². The van der Waals surface area contributed by atoms with Crippen LogP contribution in [0.25, 0.3) is 0 Å². The van der Waals surface area contributed by atoms with Gasteiger partial charge in [-0.25, -0.2) is 14.6 Å². The number of esters is 1. The van der Waals surface area contributed by atoms with Crippen LogP contribution in [0.1, 0.15) is 0 Å². The molecule has 0 atom stereocenters. The monoisotopic (exact) mass is 335 g/mol. The molecule has 9 heteroatoms. The zero-order chi connectivity index (χ0) is 17.6. The number of ether oxygens (including phenoxy) is 4. The van der Waals surface area contributed by atoms with Gasteiger partial charge in [-0.15, -0.1) is 0 Å². The molecule has 0 aliphatic carbocycles. The minimum absolute atomic E-state index is 0.0413. The summed E-state index contributed by atoms with van der Waals surface area (Å²) >= 11 is 0. The first-order valence-corrected chi connectivity index (χ1v) is 7.00. The summed E-state index contributed by atoms with van der Waals surface area (Å²) in [5.41, 5.74) is 0. The molecular weight excluding hydrogens is 310 g/mol. The van der Waals surface area contributed by atoms with E-state index in [1.54, 1.807) is 0 Å². The maximum absolute atomic E-state index is 10.3. The molecule has 0 heterocycles. The summed E-state index contributed by atoms with van der Waals surface area (Å²) in [7, 11) is 0. The van der Waals surface area contributed by atoms with Crippen LogP contribution in [0.2, 0.25) is 0 Å². The molecule has 9 nitrogen and oxygen atoms in total. The van der Waals surface area contributed by atoms with Crippen LogP contribution in [0.5, 0.6) is 0 Å². The molecule has 0 aromatic carbocycles. The van der Waals surface area contributed by atoms with E-state index in [0.29, 0.717) is 39.6 Å². The fourth-order valence-electron chi connectivity index (χ4n) is 0.967. The van der Waals surface area contributed by atoms with Crippen molar-refractivity contribution in [1.29, 1.82) is 0 Å². The minimum atomic E-state index is -0.513. The molecule has 0 aliphatic rings. The molecule has 134 valence electrons. The second kappa shape index (κ2) is 22.7. The van der Waals surface area contributed by atoms with Gasteiger partial charge in [0, 0.05) is 6.08 Å². The van der Waals surface area contributed by atoms with E-state index in [4.69, 9.17) is 24.4 Å². The number of carbonyl (C=O) groups is 1. The molecular formula is C14H25NO8. The van der Waals surface area contributed by atoms with E-state index >= 15 is 0 Å². The zero-order valence-electron chi connectivity index (χ0n) is 13.1. The molecule has 23 heavy (non-hydrogen) atoms. The Morgan fingerprint density at radius 3 is 1.83 bits per heavy atom. The van der Waals surface area contributed by atoms with E-state index in [1.807, 2.05) is 0 Å². The van der Waals surface area contributed by atoms with Gasteiger partial charge in [0.1, 0.15) is 6.61 Å². The lowest BCUT2D eigenvalue weighted by molar-refractivity contribution is -0.137. The lowest BCUT2D eigenvalue weighted by Crippen LogP contribution is -2.11. The van der Waals surface area contributed by atoms with Gasteiger partial charge >= 0.3 is 5.97 Å². The fourth-order valence-corrected chi connectivity index (χ4v) is 0.967. The molecule has 0 saturated carbocycles. The lowest BCUT2D eigenvalue weighted by atomic mass is 10.6. The number of hydrogen-bond acceptors (Lipinski definition) is 9. The van der Waals surface area contributed by atoms with Crippen LogP contribution in [0.3, 0.4) is 0 Å². The molecule has 0 radical (unpaired) electrons. The van der Waals surface area contributed by atoms with Crippen molar-refractivity contribution >= 4 is 12.0 Å². The number of aliphatic hydroxyl groups is 2. The quantitative estimate of drug-likeness (QED) is 0.137. The summed E-state index contributed by atoms with van der Waals surface area (Å²) in [5, 5.41) is 16.7. The summed E-state index contributed by atoms with van der Waals surface area (Å²) in [6.45, 7) is 6.19. The standard InChI is InChI=1S/C8H18O5.C6H7NO3/c9-1-3-11-5-7-13-8-6-12-4-2-10;1-2-6(9)10-4-3-7-5-8/h9-10H,1-8H2;2H,1,3-4H2. The number of isocyanates is 1. The average Bonchev–Trinajstić information content (AvgIpc) is 2.57. The average molecular weight is 335 g/mol. The maximum Gasteiger partial charge on any atom is 0.330 e. The third kappa shape index (κ3) is 25.7. The molecule has 0 bridgehead atoms. The van der Waals surface area contributed by atoms with Crippen LogP contribution in [0.15, 0.2) is 17.6 Å². The van der Waals surface area contributed by atoms with Crippen LogP contribution in [-0.2, 0) is 28.5 Å². The predicted molar refractivity (Wildman–Crippen MR) is 80.8 cm³/mol. The number of carbonyl (C=O) groups excluding carboxylic acids is 2. The molecule has 0 rings (SSSR count). The molecule has 0 saturated heterocycles. The Labute approximate surface area is 135 Å². The Hall–Kier alpha value is -1.61. The van der Waals surface area contributed by atoms with E-state index in [0.717, 1.165) is 6.08 Å². The Balaban J connectivity index is 0. The number of nitrogens with zero attached hydrogens (tertiary/aromatic N) is 1. The van der Waals surface area contributed by atoms with Crippen LogP contribution < -0.4 is 0 Å². The number of hydrogen-bond donors (Lipinski definition) is 2. The Bertz CT molecular complexity index is 308. The predicted octanol–water partition coefficient (Wildman–Crippen LogP) is -0.928. The summed E-state index contributed by atoms with van der Waals surface area (Å²) in [6.07, 6.45) is 2.36. The third-order valence-electron chi connectivity index (χ3n) is 1.89. The first kappa shape index (κ1) is 23.7. The van der Waals surface area contributed by atoms with Crippen molar-refractivity contribution in [2.45, 2.75) is 0 Å². The topological polar surface area (TPSA) is 124 Å². The smallest absolute Gasteiger partial charge is 0.330 e. The van der Waals surface area contributed by atoms with E-state index < -0.39 is 5.97 Å². The van der Waals surface area contributed by atoms with Gasteiger partial charge in [0.25, 0.3) is 0 Å². The molecule has 0 spiro atoms. The summed E-state index contributed by atoms with van der Waals surface area (Å²) in [4.78, 5) is 22.9. The highest BCUT2D eigenvalue weighted by Gasteiger charge is 1.91. The van der Waals surface area contributed by atoms with E-state index in [2.05, 4.69) is 16.3 Å². The Morgan fingerprint density at radius 1 is 0.957 bits per heavy atom. The molecule has 0 aromatic rings. The molecule has 0 aromatic heterocycles. The van der Waals surface area contributed by atoms with Gasteiger partial charge in [-0.05, 0) is 0 Å². The number of aliphatic hydroxyl groups excluding tert-OH is 2. The second-order valence-electron chi connectivity index (χ2n) is 3.63. The molecule has 0 fully saturated rings. The van der Waals surface area contributed by atoms with Gasteiger partial charge in [-0.3, -0.25) is 0 Å². The van der Waals surface area contributed by atoms with Gasteiger partial charge in [0.2, 0.25) is 6.08 Å². The zero-order valence-corrected chi connectivity index (χ0v) is 13.1. The van der Waals surface area contributed by atoms with E-state index in [9.17, 15) is 9.59 Å². The van der Waals surface area contributed by atoms with Crippen LogP contribution in [0, 0.1) is 0 Å². The van der Waals surface area contributed by atoms with E-state index in [1.165, 1.54) is 6.08 Å².